The molecule has 9 aromatic rings. The summed E-state index contributed by atoms with van der Waals surface area (Å²) < 4.78 is 5.63. The lowest BCUT2D eigenvalue weighted by Gasteiger charge is -2.11. The van der Waals surface area contributed by atoms with Gasteiger partial charge in [-0.2, -0.15) is 0 Å². The van der Waals surface area contributed by atoms with Crippen LogP contribution in [0.3, 0.4) is 0 Å². The van der Waals surface area contributed by atoms with Crippen molar-refractivity contribution in [2.24, 2.45) is 0 Å². The number of hydrogen-bond donors (Lipinski definition) is 3. The van der Waals surface area contributed by atoms with E-state index in [1.165, 1.54) is 0 Å². The summed E-state index contributed by atoms with van der Waals surface area (Å²) in [7, 11) is 0. The summed E-state index contributed by atoms with van der Waals surface area (Å²) in [5.74, 6) is 1.87. The van der Waals surface area contributed by atoms with Crippen molar-refractivity contribution in [3.8, 4) is 33.8 Å². The molecule has 0 saturated carbocycles. The molecule has 50 heavy (non-hydrogen) atoms. The number of nitrogens with zero attached hydrogens (tertiary/aromatic N) is 6. The molecule has 0 saturated heterocycles. The Labute approximate surface area is 287 Å². The third kappa shape index (κ3) is 5.77. The number of carbonyl (C=O) groups is 1. The van der Waals surface area contributed by atoms with Gasteiger partial charge in [-0.15, -0.1) is 0 Å². The Balaban J connectivity index is 0.000000188. The van der Waals surface area contributed by atoms with E-state index < -0.39 is 0 Å². The number of benzene rings is 3. The Morgan fingerprint density at radius 3 is 1.20 bits per heavy atom. The topological polar surface area (TPSA) is 119 Å². The molecule has 0 aliphatic carbocycles. The van der Waals surface area contributed by atoms with Gasteiger partial charge < -0.3 is 5.73 Å². The molecule has 0 aliphatic heterocycles. The number of nitrogens with one attached hydrogen (secondary N) is 2. The van der Waals surface area contributed by atoms with Crippen molar-refractivity contribution < 1.29 is 4.79 Å². The number of amides is 2. The highest BCUT2D eigenvalue weighted by atomic mass is 16.2. The first-order valence-electron chi connectivity index (χ1n) is 16.0. The zero-order valence-corrected chi connectivity index (χ0v) is 26.8. The van der Waals surface area contributed by atoms with Crippen molar-refractivity contribution in [1.82, 2.24) is 28.2 Å². The lowest BCUT2D eigenvalue weighted by molar-refractivity contribution is 0.262. The summed E-state index contributed by atoms with van der Waals surface area (Å²) >= 11 is 0. The third-order valence-corrected chi connectivity index (χ3v) is 8.23. The van der Waals surface area contributed by atoms with E-state index >= 15 is 0 Å². The van der Waals surface area contributed by atoms with Gasteiger partial charge in [0.1, 0.15) is 51.5 Å². The molecule has 0 spiro atoms. The fraction of sp³-hybridized carbons (Fsp3) is 0. The van der Waals surface area contributed by atoms with Gasteiger partial charge in [-0.05, 0) is 36.4 Å². The van der Waals surface area contributed by atoms with Crippen LogP contribution in [0.1, 0.15) is 0 Å². The second kappa shape index (κ2) is 13.1. The zero-order valence-electron chi connectivity index (χ0n) is 26.8. The highest BCUT2D eigenvalue weighted by molar-refractivity contribution is 6.03. The maximum atomic E-state index is 13.3. The maximum Gasteiger partial charge on any atom is 0.326 e. The van der Waals surface area contributed by atoms with Gasteiger partial charge in [-0.1, -0.05) is 109 Å². The van der Waals surface area contributed by atoms with Crippen LogP contribution in [0.2, 0.25) is 0 Å². The Hall–Kier alpha value is -7.20. The molecule has 2 amide bonds. The molecule has 0 unspecified atom stereocenters. The average molecular weight is 654 g/mol. The van der Waals surface area contributed by atoms with E-state index in [0.29, 0.717) is 28.8 Å². The van der Waals surface area contributed by atoms with Crippen molar-refractivity contribution >= 4 is 40.4 Å². The van der Waals surface area contributed by atoms with Gasteiger partial charge in [0.05, 0.1) is 0 Å². The van der Waals surface area contributed by atoms with Crippen LogP contribution in [0.5, 0.6) is 0 Å². The van der Waals surface area contributed by atoms with Gasteiger partial charge in [0.15, 0.2) is 0 Å². The van der Waals surface area contributed by atoms with Crippen LogP contribution in [0, 0.1) is 0 Å². The van der Waals surface area contributed by atoms with E-state index in [0.717, 1.165) is 39.3 Å². The predicted molar refractivity (Wildman–Crippen MR) is 199 cm³/mol. The second-order valence-corrected chi connectivity index (χ2v) is 11.4. The van der Waals surface area contributed by atoms with Crippen LogP contribution in [-0.4, -0.2) is 34.2 Å². The molecule has 10 heteroatoms. The molecule has 0 fully saturated rings. The molecule has 0 aliphatic rings. The number of imidazole rings is 3. The summed E-state index contributed by atoms with van der Waals surface area (Å²) in [6, 6.07) is 46.5. The first-order chi connectivity index (χ1) is 24.6. The summed E-state index contributed by atoms with van der Waals surface area (Å²) in [4.78, 5) is 27.4. The number of nitrogens with two attached hydrogens (primary N) is 1. The predicted octanol–water partition coefficient (Wildman–Crippen LogP) is 8.54. The molecule has 3 aromatic carbocycles. The first kappa shape index (κ1) is 30.2. The maximum absolute atomic E-state index is 13.3. The van der Waals surface area contributed by atoms with Crippen molar-refractivity contribution in [3.05, 3.63) is 164 Å². The highest BCUT2D eigenvalue weighted by Gasteiger charge is 2.20. The van der Waals surface area contributed by atoms with Crippen molar-refractivity contribution in [2.45, 2.75) is 0 Å². The molecular weight excluding hydrogens is 623 g/mol. The number of anilines is 3. The molecule has 4 N–H and O–H groups in total. The van der Waals surface area contributed by atoms with Crippen LogP contribution in [0.4, 0.5) is 22.2 Å². The Morgan fingerprint density at radius 2 is 0.780 bits per heavy atom. The Kier molecular flexibility index (Phi) is 7.92. The third-order valence-electron chi connectivity index (χ3n) is 8.23. The fourth-order valence-electron chi connectivity index (χ4n) is 5.89. The summed E-state index contributed by atoms with van der Waals surface area (Å²) in [6.45, 7) is 0. The largest absolute Gasteiger partial charge is 0.383 e. The molecule has 10 nitrogen and oxygen atoms in total. The standard InChI is InChI=1S/C27H20N6O.C13H11N3/c34-27(30-25-23(19-11-3-1-4-12-19)28-21-15-7-9-17-32(21)25)31-26-24(20-13-5-2-6-14-20)29-22-16-8-10-18-33(22)26;14-13-12(10-6-2-1-3-7-10)15-11-8-4-5-9-16(11)13/h1-18H,(H2,30,31,34);1-9H,14H2. The van der Waals surface area contributed by atoms with E-state index in [9.17, 15) is 4.79 Å². The number of hydrogen-bond acceptors (Lipinski definition) is 5. The van der Waals surface area contributed by atoms with Gasteiger partial charge >= 0.3 is 6.03 Å². The number of urea groups is 1. The minimum Gasteiger partial charge on any atom is -0.383 e. The normalized spacial score (nSPS) is 11.0. The van der Waals surface area contributed by atoms with Crippen molar-refractivity contribution in [2.75, 3.05) is 16.4 Å². The fourth-order valence-corrected chi connectivity index (χ4v) is 5.89. The molecule has 9 rings (SSSR count). The van der Waals surface area contributed by atoms with E-state index in [2.05, 4.69) is 15.6 Å². The van der Waals surface area contributed by atoms with Gasteiger partial charge in [-0.3, -0.25) is 23.8 Å². The van der Waals surface area contributed by atoms with Gasteiger partial charge in [0.25, 0.3) is 0 Å². The van der Waals surface area contributed by atoms with E-state index in [4.69, 9.17) is 15.7 Å². The summed E-state index contributed by atoms with van der Waals surface area (Å²) in [5, 5.41) is 6.05. The van der Waals surface area contributed by atoms with Gasteiger partial charge in [0.2, 0.25) is 0 Å². The van der Waals surface area contributed by atoms with Crippen molar-refractivity contribution in [1.29, 1.82) is 0 Å². The second-order valence-electron chi connectivity index (χ2n) is 11.4. The summed E-state index contributed by atoms with van der Waals surface area (Å²) in [6.07, 6.45) is 5.69. The SMILES string of the molecule is Nc1c(-c2ccccc2)nc2ccccn12.O=C(Nc1c(-c2ccccc2)nc2ccccn12)Nc1c(-c2ccccc2)nc2ccccn12. The number of rotatable bonds is 5. The lowest BCUT2D eigenvalue weighted by Crippen LogP contribution is -2.22. The Morgan fingerprint density at radius 1 is 0.440 bits per heavy atom. The van der Waals surface area contributed by atoms with Gasteiger partial charge in [-0.25, -0.2) is 19.7 Å². The first-order valence-corrected chi connectivity index (χ1v) is 16.0. The number of pyridine rings is 3. The van der Waals surface area contributed by atoms with E-state index in [1.54, 1.807) is 0 Å². The minimum absolute atomic E-state index is 0.384. The molecule has 0 atom stereocenters. The van der Waals surface area contributed by atoms with E-state index in [-0.39, 0.29) is 6.03 Å². The molecule has 0 bridgehead atoms. The molecule has 242 valence electrons. The molecular formula is C40H31N9O. The molecule has 0 radical (unpaired) electrons. The van der Waals surface area contributed by atoms with Crippen LogP contribution in [0.25, 0.3) is 50.7 Å². The van der Waals surface area contributed by atoms with E-state index in [1.807, 2.05) is 177 Å². The van der Waals surface area contributed by atoms with Crippen molar-refractivity contribution in [3.63, 3.8) is 0 Å². The lowest BCUT2D eigenvalue weighted by atomic mass is 10.1. The number of carbonyl (C=O) groups excluding carboxylic acids is 1. The minimum atomic E-state index is -0.384. The monoisotopic (exact) mass is 653 g/mol. The smallest absolute Gasteiger partial charge is 0.326 e. The average Bonchev–Trinajstić information content (AvgIpc) is 3.84. The highest BCUT2D eigenvalue weighted by Crippen LogP contribution is 2.31. The van der Waals surface area contributed by atoms with Crippen LogP contribution < -0.4 is 16.4 Å². The molecule has 6 heterocycles. The van der Waals surface area contributed by atoms with Gasteiger partial charge in [0, 0.05) is 35.3 Å². The van der Waals surface area contributed by atoms with Crippen LogP contribution >= 0.6 is 0 Å². The van der Waals surface area contributed by atoms with Crippen LogP contribution in [0.15, 0.2) is 164 Å². The quantitative estimate of drug-likeness (QED) is 0.172. The number of aromatic nitrogens is 6. The molecule has 6 aromatic heterocycles. The van der Waals surface area contributed by atoms with Crippen LogP contribution in [-0.2, 0) is 0 Å². The zero-order chi connectivity index (χ0) is 33.9. The summed E-state index contributed by atoms with van der Waals surface area (Å²) in [5.41, 5.74) is 13.6. The Bertz CT molecular complexity index is 2450. The number of fused-ring (bicyclic) bond motifs is 3. The number of nitrogen functional groups attached to an aromatic ring is 1.